The summed E-state index contributed by atoms with van der Waals surface area (Å²) < 4.78 is 1.11. The van der Waals surface area contributed by atoms with E-state index >= 15 is 0 Å². The first-order chi connectivity index (χ1) is 9.17. The zero-order valence-electron chi connectivity index (χ0n) is 11.0. The monoisotopic (exact) mass is 319 g/mol. The van der Waals surface area contributed by atoms with Crippen LogP contribution in [0.4, 0.5) is 0 Å². The van der Waals surface area contributed by atoms with Crippen molar-refractivity contribution < 1.29 is 0 Å². The molecule has 1 aromatic carbocycles. The Bertz CT molecular complexity index is 525. The maximum absolute atomic E-state index is 5.56. The predicted octanol–water partition coefficient (Wildman–Crippen LogP) is 2.93. The van der Waals surface area contributed by atoms with E-state index in [0.29, 0.717) is 6.54 Å². The second kappa shape index (κ2) is 6.80. The van der Waals surface area contributed by atoms with Gasteiger partial charge in [0.15, 0.2) is 0 Å². The van der Waals surface area contributed by atoms with Gasteiger partial charge in [-0.1, -0.05) is 34.1 Å². The molecule has 2 N–H and O–H groups in total. The molecule has 0 radical (unpaired) electrons. The topological polar surface area (TPSA) is 42.1 Å². The van der Waals surface area contributed by atoms with Crippen LogP contribution in [-0.2, 0) is 19.6 Å². The van der Waals surface area contributed by atoms with Gasteiger partial charge in [0.1, 0.15) is 0 Å². The average molecular weight is 320 g/mol. The highest BCUT2D eigenvalue weighted by molar-refractivity contribution is 9.10. The third kappa shape index (κ3) is 4.42. The molecule has 100 valence electrons. The van der Waals surface area contributed by atoms with Crippen molar-refractivity contribution in [1.29, 1.82) is 0 Å². The second-order valence-corrected chi connectivity index (χ2v) is 5.58. The summed E-state index contributed by atoms with van der Waals surface area (Å²) in [5.74, 6) is 0. The van der Waals surface area contributed by atoms with Gasteiger partial charge in [-0.2, -0.15) is 0 Å². The van der Waals surface area contributed by atoms with E-state index in [4.69, 9.17) is 5.73 Å². The van der Waals surface area contributed by atoms with E-state index in [-0.39, 0.29) is 0 Å². The zero-order valence-corrected chi connectivity index (χ0v) is 12.6. The normalized spacial score (nSPS) is 10.9. The van der Waals surface area contributed by atoms with Crippen LogP contribution in [0.15, 0.2) is 47.1 Å². The molecular formula is C15H18BrN3. The Morgan fingerprint density at radius 1 is 1.16 bits per heavy atom. The number of nitrogens with two attached hydrogens (primary N) is 1. The molecule has 0 bridgehead atoms. The van der Waals surface area contributed by atoms with Crippen LogP contribution in [-0.4, -0.2) is 16.9 Å². The molecular weight excluding hydrogens is 302 g/mol. The number of benzene rings is 1. The summed E-state index contributed by atoms with van der Waals surface area (Å²) >= 11 is 3.49. The third-order valence-electron chi connectivity index (χ3n) is 2.90. The molecule has 19 heavy (non-hydrogen) atoms. The summed E-state index contributed by atoms with van der Waals surface area (Å²) in [4.78, 5) is 6.66. The van der Waals surface area contributed by atoms with Crippen LogP contribution < -0.4 is 5.73 Å². The molecule has 0 fully saturated rings. The van der Waals surface area contributed by atoms with Gasteiger partial charge in [-0.25, -0.2) is 0 Å². The Labute approximate surface area is 122 Å². The lowest BCUT2D eigenvalue weighted by Gasteiger charge is -2.16. The molecule has 0 saturated heterocycles. The Balaban J connectivity index is 1.95. The molecule has 0 atom stereocenters. The molecule has 0 aliphatic rings. The predicted molar refractivity (Wildman–Crippen MR) is 81.4 cm³/mol. The fraction of sp³-hybridized carbons (Fsp3) is 0.267. The first kappa shape index (κ1) is 14.2. The second-order valence-electron chi connectivity index (χ2n) is 4.66. The molecule has 0 saturated carbocycles. The van der Waals surface area contributed by atoms with E-state index in [2.05, 4.69) is 51.1 Å². The Morgan fingerprint density at radius 3 is 2.63 bits per heavy atom. The number of rotatable bonds is 5. The van der Waals surface area contributed by atoms with E-state index in [9.17, 15) is 0 Å². The summed E-state index contributed by atoms with van der Waals surface area (Å²) in [6.45, 7) is 2.28. The van der Waals surface area contributed by atoms with Gasteiger partial charge < -0.3 is 5.73 Å². The van der Waals surface area contributed by atoms with Gasteiger partial charge >= 0.3 is 0 Å². The van der Waals surface area contributed by atoms with Gasteiger partial charge in [-0.05, 0) is 36.4 Å². The Morgan fingerprint density at radius 2 is 2.00 bits per heavy atom. The quantitative estimate of drug-likeness (QED) is 0.921. The number of halogens is 1. The van der Waals surface area contributed by atoms with Gasteiger partial charge in [0.25, 0.3) is 0 Å². The number of aromatic nitrogens is 1. The van der Waals surface area contributed by atoms with Crippen molar-refractivity contribution >= 4 is 15.9 Å². The van der Waals surface area contributed by atoms with Crippen LogP contribution in [0, 0.1) is 0 Å². The van der Waals surface area contributed by atoms with Gasteiger partial charge in [0.2, 0.25) is 0 Å². The lowest BCUT2D eigenvalue weighted by atomic mass is 10.2. The Hall–Kier alpha value is -1.23. The minimum absolute atomic E-state index is 0.543. The van der Waals surface area contributed by atoms with Crippen LogP contribution in [0.2, 0.25) is 0 Å². The Kier molecular flexibility index (Phi) is 5.07. The molecule has 4 heteroatoms. The molecule has 0 spiro atoms. The minimum Gasteiger partial charge on any atom is -0.326 e. The maximum Gasteiger partial charge on any atom is 0.0544 e. The molecule has 0 aliphatic heterocycles. The molecule has 1 heterocycles. The highest BCUT2D eigenvalue weighted by Gasteiger charge is 2.03. The van der Waals surface area contributed by atoms with Crippen molar-refractivity contribution in [2.45, 2.75) is 19.6 Å². The van der Waals surface area contributed by atoms with Gasteiger partial charge in [0.05, 0.1) is 5.69 Å². The lowest BCUT2D eigenvalue weighted by Crippen LogP contribution is -2.18. The molecule has 2 aromatic rings. The zero-order chi connectivity index (χ0) is 13.7. The summed E-state index contributed by atoms with van der Waals surface area (Å²) in [5, 5.41) is 0. The number of hydrogen-bond acceptors (Lipinski definition) is 3. The van der Waals surface area contributed by atoms with Crippen LogP contribution in [0.3, 0.4) is 0 Å². The molecule has 1 aromatic heterocycles. The summed E-state index contributed by atoms with van der Waals surface area (Å²) in [6, 6.07) is 12.4. The van der Waals surface area contributed by atoms with Crippen LogP contribution in [0.5, 0.6) is 0 Å². The van der Waals surface area contributed by atoms with Crippen LogP contribution in [0.25, 0.3) is 0 Å². The summed E-state index contributed by atoms with van der Waals surface area (Å²) in [5.41, 5.74) is 8.98. The fourth-order valence-electron chi connectivity index (χ4n) is 1.95. The first-order valence-corrected chi connectivity index (χ1v) is 7.03. The number of nitrogens with zero attached hydrogens (tertiary/aromatic N) is 2. The third-order valence-corrected chi connectivity index (χ3v) is 3.39. The van der Waals surface area contributed by atoms with Crippen molar-refractivity contribution in [3.8, 4) is 0 Å². The van der Waals surface area contributed by atoms with Gasteiger partial charge in [-0.3, -0.25) is 9.88 Å². The van der Waals surface area contributed by atoms with Crippen molar-refractivity contribution in [2.75, 3.05) is 7.05 Å². The standard InChI is InChI=1S/C15H18BrN3/c1-19(10-12-3-2-4-14(16)7-12)11-15-6-5-13(8-17)9-18-15/h2-7,9H,8,10-11,17H2,1H3. The number of pyridine rings is 1. The molecule has 2 rings (SSSR count). The summed E-state index contributed by atoms with van der Waals surface area (Å²) in [6.07, 6.45) is 1.85. The number of hydrogen-bond donors (Lipinski definition) is 1. The van der Waals surface area contributed by atoms with Crippen molar-refractivity contribution in [3.63, 3.8) is 0 Å². The SMILES string of the molecule is CN(Cc1cccc(Br)c1)Cc1ccc(CN)cn1. The van der Waals surface area contributed by atoms with Crippen molar-refractivity contribution in [2.24, 2.45) is 5.73 Å². The largest absolute Gasteiger partial charge is 0.326 e. The van der Waals surface area contributed by atoms with Crippen molar-refractivity contribution in [3.05, 3.63) is 63.9 Å². The van der Waals surface area contributed by atoms with E-state index in [1.165, 1.54) is 5.56 Å². The van der Waals surface area contributed by atoms with Crippen molar-refractivity contribution in [1.82, 2.24) is 9.88 Å². The van der Waals surface area contributed by atoms with E-state index in [0.717, 1.165) is 28.8 Å². The molecule has 0 unspecified atom stereocenters. The lowest BCUT2D eigenvalue weighted by molar-refractivity contribution is 0.315. The van der Waals surface area contributed by atoms with Crippen LogP contribution in [0.1, 0.15) is 16.8 Å². The first-order valence-electron chi connectivity index (χ1n) is 6.24. The van der Waals surface area contributed by atoms with E-state index < -0.39 is 0 Å². The van der Waals surface area contributed by atoms with E-state index in [1.807, 2.05) is 24.4 Å². The van der Waals surface area contributed by atoms with Gasteiger partial charge in [-0.15, -0.1) is 0 Å². The van der Waals surface area contributed by atoms with E-state index in [1.54, 1.807) is 0 Å². The maximum atomic E-state index is 5.56. The molecule has 0 aliphatic carbocycles. The highest BCUT2D eigenvalue weighted by atomic mass is 79.9. The minimum atomic E-state index is 0.543. The molecule has 3 nitrogen and oxygen atoms in total. The average Bonchev–Trinajstić information content (AvgIpc) is 2.39. The fourth-order valence-corrected chi connectivity index (χ4v) is 2.40. The van der Waals surface area contributed by atoms with Crippen LogP contribution >= 0.6 is 15.9 Å². The van der Waals surface area contributed by atoms with Gasteiger partial charge in [0, 0.05) is 30.3 Å². The highest BCUT2D eigenvalue weighted by Crippen LogP contribution is 2.13. The summed E-state index contributed by atoms with van der Waals surface area (Å²) in [7, 11) is 2.10. The molecule has 0 amide bonds. The smallest absolute Gasteiger partial charge is 0.0544 e.